The molecule has 0 bridgehead atoms. The van der Waals surface area contributed by atoms with E-state index < -0.39 is 0 Å². The van der Waals surface area contributed by atoms with Gasteiger partial charge in [-0.1, -0.05) is 19.9 Å². The SMILES string of the molecule is CC(C)Cn1ncnc1CNC(C)c1cccnc1. The molecule has 19 heavy (non-hydrogen) atoms. The molecule has 5 heteroatoms. The van der Waals surface area contributed by atoms with E-state index in [4.69, 9.17) is 0 Å². The molecule has 1 N–H and O–H groups in total. The maximum absolute atomic E-state index is 4.31. The molecule has 0 aliphatic heterocycles. The molecule has 2 aromatic rings. The lowest BCUT2D eigenvalue weighted by atomic mass is 10.1. The molecule has 0 fully saturated rings. The molecule has 0 aliphatic rings. The van der Waals surface area contributed by atoms with Gasteiger partial charge in [-0.3, -0.25) is 4.98 Å². The largest absolute Gasteiger partial charge is 0.303 e. The lowest BCUT2D eigenvalue weighted by Gasteiger charge is -2.14. The molecule has 0 saturated heterocycles. The zero-order valence-corrected chi connectivity index (χ0v) is 11.7. The van der Waals surface area contributed by atoms with Crippen LogP contribution in [0.1, 0.15) is 38.2 Å². The molecule has 102 valence electrons. The van der Waals surface area contributed by atoms with Crippen LogP contribution in [0.25, 0.3) is 0 Å². The fraction of sp³-hybridized carbons (Fsp3) is 0.500. The molecule has 0 aliphatic carbocycles. The highest BCUT2D eigenvalue weighted by atomic mass is 15.3. The highest BCUT2D eigenvalue weighted by Gasteiger charge is 2.09. The van der Waals surface area contributed by atoms with Crippen LogP contribution in [0.15, 0.2) is 30.9 Å². The predicted octanol–water partition coefficient (Wildman–Crippen LogP) is 2.18. The van der Waals surface area contributed by atoms with Crippen molar-refractivity contribution in [3.8, 4) is 0 Å². The van der Waals surface area contributed by atoms with E-state index in [0.29, 0.717) is 12.5 Å². The maximum Gasteiger partial charge on any atom is 0.140 e. The Morgan fingerprint density at radius 2 is 2.16 bits per heavy atom. The van der Waals surface area contributed by atoms with E-state index in [2.05, 4.69) is 47.2 Å². The van der Waals surface area contributed by atoms with E-state index in [0.717, 1.165) is 12.4 Å². The fourth-order valence-corrected chi connectivity index (χ4v) is 1.92. The standard InChI is InChI=1S/C14H21N5/c1-11(2)9-19-14(17-10-18-19)8-16-12(3)13-5-4-6-15-7-13/h4-7,10-12,16H,8-9H2,1-3H3. The first-order valence-electron chi connectivity index (χ1n) is 6.67. The first-order valence-corrected chi connectivity index (χ1v) is 6.67. The molecule has 2 heterocycles. The van der Waals surface area contributed by atoms with E-state index >= 15 is 0 Å². The van der Waals surface area contributed by atoms with E-state index in [1.807, 2.05) is 16.9 Å². The third-order valence-electron chi connectivity index (χ3n) is 2.98. The van der Waals surface area contributed by atoms with Crippen molar-refractivity contribution in [2.24, 2.45) is 5.92 Å². The highest BCUT2D eigenvalue weighted by Crippen LogP contribution is 2.10. The zero-order chi connectivity index (χ0) is 13.7. The Hall–Kier alpha value is -1.75. The Morgan fingerprint density at radius 1 is 1.32 bits per heavy atom. The van der Waals surface area contributed by atoms with Crippen molar-refractivity contribution in [1.29, 1.82) is 0 Å². The number of rotatable bonds is 6. The number of aromatic nitrogens is 4. The number of nitrogens with one attached hydrogen (secondary N) is 1. The zero-order valence-electron chi connectivity index (χ0n) is 11.7. The Balaban J connectivity index is 1.94. The molecule has 1 unspecified atom stereocenters. The number of nitrogens with zero attached hydrogens (tertiary/aromatic N) is 4. The van der Waals surface area contributed by atoms with Crippen LogP contribution in [0.5, 0.6) is 0 Å². The third-order valence-corrected chi connectivity index (χ3v) is 2.98. The van der Waals surface area contributed by atoms with Crippen LogP contribution in [0.4, 0.5) is 0 Å². The van der Waals surface area contributed by atoms with Crippen molar-refractivity contribution >= 4 is 0 Å². The van der Waals surface area contributed by atoms with Gasteiger partial charge >= 0.3 is 0 Å². The summed E-state index contributed by atoms with van der Waals surface area (Å²) in [6, 6.07) is 4.27. The quantitative estimate of drug-likeness (QED) is 0.864. The van der Waals surface area contributed by atoms with Crippen LogP contribution < -0.4 is 5.32 Å². The topological polar surface area (TPSA) is 55.6 Å². The average molecular weight is 259 g/mol. The summed E-state index contributed by atoms with van der Waals surface area (Å²) in [5.74, 6) is 1.54. The summed E-state index contributed by atoms with van der Waals surface area (Å²) in [5.41, 5.74) is 1.18. The monoisotopic (exact) mass is 259 g/mol. The smallest absolute Gasteiger partial charge is 0.140 e. The van der Waals surface area contributed by atoms with Gasteiger partial charge < -0.3 is 5.32 Å². The minimum atomic E-state index is 0.248. The van der Waals surface area contributed by atoms with Crippen LogP contribution >= 0.6 is 0 Å². The van der Waals surface area contributed by atoms with Crippen molar-refractivity contribution in [2.45, 2.75) is 39.9 Å². The summed E-state index contributed by atoms with van der Waals surface area (Å²) < 4.78 is 1.97. The Kier molecular flexibility index (Phi) is 4.63. The second-order valence-corrected chi connectivity index (χ2v) is 5.14. The van der Waals surface area contributed by atoms with Gasteiger partial charge in [0.15, 0.2) is 0 Å². The maximum atomic E-state index is 4.31. The lowest BCUT2D eigenvalue weighted by molar-refractivity contribution is 0.449. The van der Waals surface area contributed by atoms with E-state index in [9.17, 15) is 0 Å². The second-order valence-electron chi connectivity index (χ2n) is 5.14. The summed E-state index contributed by atoms with van der Waals surface area (Å²) in [6.45, 7) is 8.09. The average Bonchev–Trinajstić information content (AvgIpc) is 2.83. The minimum absolute atomic E-state index is 0.248. The van der Waals surface area contributed by atoms with Crippen molar-refractivity contribution in [2.75, 3.05) is 0 Å². The van der Waals surface area contributed by atoms with Crippen LogP contribution in [-0.4, -0.2) is 19.7 Å². The van der Waals surface area contributed by atoms with Gasteiger partial charge in [-0.15, -0.1) is 0 Å². The molecule has 2 rings (SSSR count). The Bertz CT molecular complexity index is 492. The molecule has 0 amide bonds. The first-order chi connectivity index (χ1) is 9.16. The molecular formula is C14H21N5. The molecular weight excluding hydrogens is 238 g/mol. The van der Waals surface area contributed by atoms with Crippen molar-refractivity contribution < 1.29 is 0 Å². The molecule has 2 aromatic heterocycles. The number of pyridine rings is 1. The Morgan fingerprint density at radius 3 is 2.84 bits per heavy atom. The summed E-state index contributed by atoms with van der Waals surface area (Å²) in [4.78, 5) is 8.44. The number of hydrogen-bond acceptors (Lipinski definition) is 4. The number of hydrogen-bond donors (Lipinski definition) is 1. The van der Waals surface area contributed by atoms with E-state index in [-0.39, 0.29) is 6.04 Å². The van der Waals surface area contributed by atoms with E-state index in [1.165, 1.54) is 5.56 Å². The van der Waals surface area contributed by atoms with Crippen LogP contribution in [0.3, 0.4) is 0 Å². The summed E-state index contributed by atoms with van der Waals surface area (Å²) in [7, 11) is 0. The summed E-state index contributed by atoms with van der Waals surface area (Å²) in [6.07, 6.45) is 5.29. The Labute approximate surface area is 114 Å². The summed E-state index contributed by atoms with van der Waals surface area (Å²) >= 11 is 0. The van der Waals surface area contributed by atoms with Crippen LogP contribution in [-0.2, 0) is 13.1 Å². The van der Waals surface area contributed by atoms with Crippen molar-refractivity contribution in [3.63, 3.8) is 0 Å². The van der Waals surface area contributed by atoms with E-state index in [1.54, 1.807) is 12.5 Å². The van der Waals surface area contributed by atoms with Crippen molar-refractivity contribution in [3.05, 3.63) is 42.2 Å². The highest BCUT2D eigenvalue weighted by molar-refractivity contribution is 5.12. The van der Waals surface area contributed by atoms with Gasteiger partial charge in [-0.25, -0.2) is 9.67 Å². The van der Waals surface area contributed by atoms with Crippen LogP contribution in [0.2, 0.25) is 0 Å². The van der Waals surface area contributed by atoms with Gasteiger partial charge in [0.05, 0.1) is 6.54 Å². The van der Waals surface area contributed by atoms with Gasteiger partial charge in [-0.2, -0.15) is 5.10 Å². The summed E-state index contributed by atoms with van der Waals surface area (Å²) in [5, 5.41) is 7.71. The molecule has 5 nitrogen and oxygen atoms in total. The van der Waals surface area contributed by atoms with Gasteiger partial charge in [0, 0.05) is 25.0 Å². The van der Waals surface area contributed by atoms with Crippen molar-refractivity contribution in [1.82, 2.24) is 25.1 Å². The molecule has 0 radical (unpaired) electrons. The van der Waals surface area contributed by atoms with Gasteiger partial charge in [0.2, 0.25) is 0 Å². The van der Waals surface area contributed by atoms with Gasteiger partial charge in [0.25, 0.3) is 0 Å². The third kappa shape index (κ3) is 3.86. The molecule has 0 spiro atoms. The minimum Gasteiger partial charge on any atom is -0.303 e. The predicted molar refractivity (Wildman–Crippen MR) is 74.4 cm³/mol. The second kappa shape index (κ2) is 6.43. The molecule has 0 aromatic carbocycles. The first kappa shape index (κ1) is 13.7. The molecule has 0 saturated carbocycles. The van der Waals surface area contributed by atoms with Crippen LogP contribution in [0, 0.1) is 5.92 Å². The normalized spacial score (nSPS) is 12.8. The van der Waals surface area contributed by atoms with Gasteiger partial charge in [-0.05, 0) is 24.5 Å². The molecule has 1 atom stereocenters. The van der Waals surface area contributed by atoms with Gasteiger partial charge in [0.1, 0.15) is 12.2 Å². The lowest BCUT2D eigenvalue weighted by Crippen LogP contribution is -2.22. The fourth-order valence-electron chi connectivity index (χ4n) is 1.92.